The van der Waals surface area contributed by atoms with Gasteiger partial charge in [0.25, 0.3) is 0 Å². The number of halogens is 1. The third-order valence-electron chi connectivity index (χ3n) is 1.66. The standard InChI is InChI=1S/C9H5BrN2O/c10-8-2-7-1-6(5-13)3-11-9(7)12-4-8/h1-5H. The van der Waals surface area contributed by atoms with E-state index in [0.717, 1.165) is 16.1 Å². The first-order valence-electron chi connectivity index (χ1n) is 3.66. The van der Waals surface area contributed by atoms with Crippen molar-refractivity contribution in [3.63, 3.8) is 0 Å². The molecule has 0 fully saturated rings. The Morgan fingerprint density at radius 3 is 2.77 bits per heavy atom. The van der Waals surface area contributed by atoms with Crippen molar-refractivity contribution in [1.82, 2.24) is 9.97 Å². The van der Waals surface area contributed by atoms with Gasteiger partial charge in [0, 0.05) is 27.8 Å². The predicted molar refractivity (Wildman–Crippen MR) is 52.6 cm³/mol. The number of hydrogen-bond donors (Lipinski definition) is 0. The topological polar surface area (TPSA) is 42.9 Å². The van der Waals surface area contributed by atoms with Crippen LogP contribution in [-0.2, 0) is 0 Å². The lowest BCUT2D eigenvalue weighted by Gasteiger charge is -1.96. The van der Waals surface area contributed by atoms with Crippen LogP contribution in [0.15, 0.2) is 29.0 Å². The van der Waals surface area contributed by atoms with E-state index in [-0.39, 0.29) is 0 Å². The Bertz CT molecular complexity index is 470. The molecule has 2 aromatic rings. The summed E-state index contributed by atoms with van der Waals surface area (Å²) in [6.07, 6.45) is 3.96. The molecule has 0 saturated heterocycles. The van der Waals surface area contributed by atoms with Crippen molar-refractivity contribution in [3.05, 3.63) is 34.6 Å². The Kier molecular flexibility index (Phi) is 2.06. The lowest BCUT2D eigenvalue weighted by Crippen LogP contribution is -1.87. The molecule has 0 spiro atoms. The zero-order chi connectivity index (χ0) is 9.26. The molecular weight excluding hydrogens is 232 g/mol. The molecule has 0 aliphatic heterocycles. The molecule has 2 aromatic heterocycles. The maximum Gasteiger partial charge on any atom is 0.159 e. The average molecular weight is 237 g/mol. The fraction of sp³-hybridized carbons (Fsp3) is 0. The fourth-order valence-corrected chi connectivity index (χ4v) is 1.43. The Hall–Kier alpha value is -1.29. The number of aromatic nitrogens is 2. The summed E-state index contributed by atoms with van der Waals surface area (Å²) in [6, 6.07) is 3.63. The van der Waals surface area contributed by atoms with Crippen molar-refractivity contribution in [2.75, 3.05) is 0 Å². The largest absolute Gasteiger partial charge is 0.298 e. The molecule has 3 nitrogen and oxygen atoms in total. The second-order valence-electron chi connectivity index (χ2n) is 2.59. The summed E-state index contributed by atoms with van der Waals surface area (Å²) >= 11 is 3.30. The van der Waals surface area contributed by atoms with E-state index in [9.17, 15) is 4.79 Å². The highest BCUT2D eigenvalue weighted by atomic mass is 79.9. The van der Waals surface area contributed by atoms with Crippen molar-refractivity contribution >= 4 is 33.2 Å². The van der Waals surface area contributed by atoms with Crippen LogP contribution in [0.5, 0.6) is 0 Å². The Balaban J connectivity index is 2.74. The van der Waals surface area contributed by atoms with Crippen molar-refractivity contribution < 1.29 is 4.79 Å². The maximum absolute atomic E-state index is 10.5. The zero-order valence-corrected chi connectivity index (χ0v) is 8.15. The van der Waals surface area contributed by atoms with Crippen molar-refractivity contribution in [1.29, 1.82) is 0 Å². The van der Waals surface area contributed by atoms with E-state index in [1.807, 2.05) is 6.07 Å². The summed E-state index contributed by atoms with van der Waals surface area (Å²) in [4.78, 5) is 18.6. The summed E-state index contributed by atoms with van der Waals surface area (Å²) in [7, 11) is 0. The first-order chi connectivity index (χ1) is 6.29. The molecule has 0 aromatic carbocycles. The Morgan fingerprint density at radius 1 is 1.23 bits per heavy atom. The molecule has 0 unspecified atom stereocenters. The third kappa shape index (κ3) is 1.58. The van der Waals surface area contributed by atoms with Crippen molar-refractivity contribution in [3.8, 4) is 0 Å². The molecule has 0 N–H and O–H groups in total. The first kappa shape index (κ1) is 8.31. The normalized spacial score (nSPS) is 10.2. The second kappa shape index (κ2) is 3.22. The summed E-state index contributed by atoms with van der Waals surface area (Å²) in [5.41, 5.74) is 1.21. The molecule has 0 amide bonds. The van der Waals surface area contributed by atoms with Gasteiger partial charge in [0.15, 0.2) is 11.9 Å². The van der Waals surface area contributed by atoms with Gasteiger partial charge in [-0.15, -0.1) is 0 Å². The molecule has 2 rings (SSSR count). The highest BCUT2D eigenvalue weighted by Gasteiger charge is 1.98. The highest BCUT2D eigenvalue weighted by Crippen LogP contribution is 2.15. The summed E-state index contributed by atoms with van der Waals surface area (Å²) in [6.45, 7) is 0. The van der Waals surface area contributed by atoms with Gasteiger partial charge in [-0.2, -0.15) is 0 Å². The van der Waals surface area contributed by atoms with Crippen LogP contribution in [0, 0.1) is 0 Å². The predicted octanol–water partition coefficient (Wildman–Crippen LogP) is 2.20. The quantitative estimate of drug-likeness (QED) is 0.714. The minimum absolute atomic E-state index is 0.562. The monoisotopic (exact) mass is 236 g/mol. The van der Waals surface area contributed by atoms with Gasteiger partial charge in [-0.25, -0.2) is 9.97 Å². The van der Waals surface area contributed by atoms with Crippen LogP contribution < -0.4 is 0 Å². The number of nitrogens with zero attached hydrogens (tertiary/aromatic N) is 2. The summed E-state index contributed by atoms with van der Waals surface area (Å²) < 4.78 is 0.879. The number of carbonyl (C=O) groups excluding carboxylic acids is 1. The second-order valence-corrected chi connectivity index (χ2v) is 3.50. The van der Waals surface area contributed by atoms with Crippen LogP contribution in [0.2, 0.25) is 0 Å². The molecule has 0 saturated carbocycles. The smallest absolute Gasteiger partial charge is 0.159 e. The molecule has 13 heavy (non-hydrogen) atoms. The number of carbonyl (C=O) groups is 1. The van der Waals surface area contributed by atoms with Gasteiger partial charge in [-0.3, -0.25) is 4.79 Å². The molecule has 0 radical (unpaired) electrons. The zero-order valence-electron chi connectivity index (χ0n) is 6.57. The van der Waals surface area contributed by atoms with Crippen LogP contribution in [0.3, 0.4) is 0 Å². The third-order valence-corrected chi connectivity index (χ3v) is 2.09. The maximum atomic E-state index is 10.5. The van der Waals surface area contributed by atoms with Crippen LogP contribution >= 0.6 is 15.9 Å². The minimum atomic E-state index is 0.562. The molecule has 0 aliphatic rings. The molecule has 0 atom stereocenters. The number of hydrogen-bond acceptors (Lipinski definition) is 3. The van der Waals surface area contributed by atoms with Gasteiger partial charge in [0.1, 0.15) is 0 Å². The van der Waals surface area contributed by atoms with Gasteiger partial charge in [0.05, 0.1) is 0 Å². The molecule has 0 bridgehead atoms. The van der Waals surface area contributed by atoms with E-state index in [0.29, 0.717) is 11.2 Å². The molecule has 0 aliphatic carbocycles. The van der Waals surface area contributed by atoms with Gasteiger partial charge in [-0.05, 0) is 28.1 Å². The molecular formula is C9H5BrN2O. The highest BCUT2D eigenvalue weighted by molar-refractivity contribution is 9.10. The Labute approximate surface area is 82.9 Å². The number of pyridine rings is 2. The first-order valence-corrected chi connectivity index (χ1v) is 4.45. The minimum Gasteiger partial charge on any atom is -0.298 e. The van der Waals surface area contributed by atoms with Gasteiger partial charge < -0.3 is 0 Å². The van der Waals surface area contributed by atoms with Crippen LogP contribution in [-0.4, -0.2) is 16.3 Å². The molecule has 4 heteroatoms. The number of rotatable bonds is 1. The van der Waals surface area contributed by atoms with Crippen molar-refractivity contribution in [2.24, 2.45) is 0 Å². The van der Waals surface area contributed by atoms with E-state index in [1.54, 1.807) is 12.3 Å². The van der Waals surface area contributed by atoms with Gasteiger partial charge in [-0.1, -0.05) is 0 Å². The fourth-order valence-electron chi connectivity index (χ4n) is 1.08. The van der Waals surface area contributed by atoms with E-state index < -0.39 is 0 Å². The van der Waals surface area contributed by atoms with E-state index in [1.165, 1.54) is 6.20 Å². The van der Waals surface area contributed by atoms with Crippen LogP contribution in [0.25, 0.3) is 11.0 Å². The number of aldehydes is 1. The van der Waals surface area contributed by atoms with Crippen LogP contribution in [0.1, 0.15) is 10.4 Å². The van der Waals surface area contributed by atoms with Gasteiger partial charge >= 0.3 is 0 Å². The Morgan fingerprint density at radius 2 is 2.00 bits per heavy atom. The van der Waals surface area contributed by atoms with E-state index in [4.69, 9.17) is 0 Å². The average Bonchev–Trinajstić information content (AvgIpc) is 2.16. The lowest BCUT2D eigenvalue weighted by atomic mass is 10.2. The summed E-state index contributed by atoms with van der Waals surface area (Å²) in [5, 5.41) is 0.860. The van der Waals surface area contributed by atoms with Gasteiger partial charge in [0.2, 0.25) is 0 Å². The molecule has 2 heterocycles. The number of fused-ring (bicyclic) bond motifs is 1. The van der Waals surface area contributed by atoms with E-state index >= 15 is 0 Å². The van der Waals surface area contributed by atoms with Crippen molar-refractivity contribution in [2.45, 2.75) is 0 Å². The lowest BCUT2D eigenvalue weighted by molar-refractivity contribution is 0.112. The molecule has 64 valence electrons. The van der Waals surface area contributed by atoms with E-state index in [2.05, 4.69) is 25.9 Å². The SMILES string of the molecule is O=Cc1cnc2ncc(Br)cc2c1. The summed E-state index contributed by atoms with van der Waals surface area (Å²) in [5.74, 6) is 0. The van der Waals surface area contributed by atoms with Crippen LogP contribution in [0.4, 0.5) is 0 Å².